The molecule has 0 heterocycles. The van der Waals surface area contributed by atoms with Crippen molar-refractivity contribution in [2.75, 3.05) is 0 Å². The van der Waals surface area contributed by atoms with Crippen LogP contribution in [-0.2, 0) is 9.59 Å². The maximum atomic E-state index is 13.2. The van der Waals surface area contributed by atoms with E-state index in [1.807, 2.05) is 0 Å². The van der Waals surface area contributed by atoms with Gasteiger partial charge in [-0.1, -0.05) is 6.07 Å². The zero-order chi connectivity index (χ0) is 13.9. The highest BCUT2D eigenvalue weighted by molar-refractivity contribution is 5.78. The summed E-state index contributed by atoms with van der Waals surface area (Å²) in [6.45, 7) is 5.10. The Morgan fingerprint density at radius 3 is 2.50 bits per heavy atom. The van der Waals surface area contributed by atoms with Crippen LogP contribution < -0.4 is 0 Å². The standard InChI is InChI=1S/C13H16FNO3/c1-8(2)15(7-16)12(13(17)18)11-6-10(14)5-4-9(11)3/h4-8,12H,1-3H3,(H,17,18). The van der Waals surface area contributed by atoms with Crippen molar-refractivity contribution in [1.82, 2.24) is 4.90 Å². The van der Waals surface area contributed by atoms with Crippen LogP contribution in [0.5, 0.6) is 0 Å². The molecule has 1 aromatic rings. The Kier molecular flexibility index (Phi) is 4.42. The van der Waals surface area contributed by atoms with Crippen molar-refractivity contribution in [2.24, 2.45) is 0 Å². The quantitative estimate of drug-likeness (QED) is 0.818. The minimum atomic E-state index is -1.18. The summed E-state index contributed by atoms with van der Waals surface area (Å²) in [5.74, 6) is -1.69. The first-order valence-electron chi connectivity index (χ1n) is 5.60. The van der Waals surface area contributed by atoms with E-state index in [-0.39, 0.29) is 6.04 Å². The van der Waals surface area contributed by atoms with E-state index < -0.39 is 17.8 Å². The Hall–Kier alpha value is -1.91. The van der Waals surface area contributed by atoms with Gasteiger partial charge < -0.3 is 10.0 Å². The van der Waals surface area contributed by atoms with Gasteiger partial charge >= 0.3 is 5.97 Å². The van der Waals surface area contributed by atoms with Gasteiger partial charge in [-0.15, -0.1) is 0 Å². The van der Waals surface area contributed by atoms with Gasteiger partial charge in [-0.2, -0.15) is 0 Å². The highest BCUT2D eigenvalue weighted by atomic mass is 19.1. The van der Waals surface area contributed by atoms with Gasteiger partial charge in [0.05, 0.1) is 0 Å². The number of hydrogen-bond acceptors (Lipinski definition) is 2. The fourth-order valence-electron chi connectivity index (χ4n) is 1.81. The van der Waals surface area contributed by atoms with E-state index in [0.29, 0.717) is 17.5 Å². The molecule has 0 aliphatic rings. The third-order valence-electron chi connectivity index (χ3n) is 2.79. The second-order valence-electron chi connectivity index (χ2n) is 4.39. The normalized spacial score (nSPS) is 12.3. The first kappa shape index (κ1) is 14.2. The van der Waals surface area contributed by atoms with Crippen LogP contribution in [0.2, 0.25) is 0 Å². The molecule has 18 heavy (non-hydrogen) atoms. The number of carboxylic acids is 1. The van der Waals surface area contributed by atoms with Crippen molar-refractivity contribution >= 4 is 12.4 Å². The second kappa shape index (κ2) is 5.62. The first-order valence-corrected chi connectivity index (χ1v) is 5.60. The van der Waals surface area contributed by atoms with Gasteiger partial charge in [0.1, 0.15) is 5.82 Å². The number of aryl methyl sites for hydroxylation is 1. The third kappa shape index (κ3) is 2.85. The zero-order valence-electron chi connectivity index (χ0n) is 10.6. The molecule has 1 N–H and O–H groups in total. The number of hydrogen-bond donors (Lipinski definition) is 1. The molecule has 0 bridgehead atoms. The van der Waals surface area contributed by atoms with Crippen LogP contribution in [-0.4, -0.2) is 28.4 Å². The van der Waals surface area contributed by atoms with Crippen LogP contribution >= 0.6 is 0 Å². The van der Waals surface area contributed by atoms with Crippen LogP contribution in [0.15, 0.2) is 18.2 Å². The van der Waals surface area contributed by atoms with Gasteiger partial charge in [-0.05, 0) is 44.0 Å². The summed E-state index contributed by atoms with van der Waals surface area (Å²) in [6.07, 6.45) is 0.480. The van der Waals surface area contributed by atoms with E-state index in [9.17, 15) is 19.1 Å². The molecule has 1 atom stereocenters. The van der Waals surface area contributed by atoms with E-state index >= 15 is 0 Å². The lowest BCUT2D eigenvalue weighted by Crippen LogP contribution is -2.38. The lowest BCUT2D eigenvalue weighted by molar-refractivity contribution is -0.148. The molecule has 0 spiro atoms. The van der Waals surface area contributed by atoms with Gasteiger partial charge in [0.15, 0.2) is 6.04 Å². The Labute approximate surface area is 105 Å². The van der Waals surface area contributed by atoms with Gasteiger partial charge in [-0.25, -0.2) is 9.18 Å². The molecule has 98 valence electrons. The van der Waals surface area contributed by atoms with E-state index in [1.165, 1.54) is 12.1 Å². The minimum Gasteiger partial charge on any atom is -0.479 e. The molecule has 1 unspecified atom stereocenters. The van der Waals surface area contributed by atoms with Crippen molar-refractivity contribution in [3.63, 3.8) is 0 Å². The average molecular weight is 253 g/mol. The molecule has 0 saturated heterocycles. The van der Waals surface area contributed by atoms with Crippen molar-refractivity contribution in [3.8, 4) is 0 Å². The van der Waals surface area contributed by atoms with Gasteiger partial charge in [-0.3, -0.25) is 4.79 Å². The maximum absolute atomic E-state index is 13.2. The number of rotatable bonds is 5. The van der Waals surface area contributed by atoms with Crippen LogP contribution in [0.3, 0.4) is 0 Å². The lowest BCUT2D eigenvalue weighted by Gasteiger charge is -2.29. The van der Waals surface area contributed by atoms with E-state index in [1.54, 1.807) is 20.8 Å². The molecule has 0 aromatic heterocycles. The summed E-state index contributed by atoms with van der Waals surface area (Å²) in [5.41, 5.74) is 0.930. The summed E-state index contributed by atoms with van der Waals surface area (Å²) in [6, 6.07) is 2.47. The number of aliphatic carboxylic acids is 1. The zero-order valence-corrected chi connectivity index (χ0v) is 10.6. The minimum absolute atomic E-state index is 0.286. The molecular formula is C13H16FNO3. The number of benzene rings is 1. The van der Waals surface area contributed by atoms with Crippen molar-refractivity contribution in [3.05, 3.63) is 35.1 Å². The monoisotopic (exact) mass is 253 g/mol. The molecule has 0 fully saturated rings. The van der Waals surface area contributed by atoms with Crippen molar-refractivity contribution in [2.45, 2.75) is 32.9 Å². The number of nitrogens with zero attached hydrogens (tertiary/aromatic N) is 1. The lowest BCUT2D eigenvalue weighted by atomic mass is 9.99. The molecule has 0 radical (unpaired) electrons. The Morgan fingerprint density at radius 1 is 1.44 bits per heavy atom. The molecule has 4 nitrogen and oxygen atoms in total. The molecule has 0 aliphatic heterocycles. The van der Waals surface area contributed by atoms with Gasteiger partial charge in [0.2, 0.25) is 6.41 Å². The van der Waals surface area contributed by atoms with Crippen LogP contribution in [0.4, 0.5) is 4.39 Å². The fraction of sp³-hybridized carbons (Fsp3) is 0.385. The SMILES string of the molecule is Cc1ccc(F)cc1C(C(=O)O)N(C=O)C(C)C. The van der Waals surface area contributed by atoms with Crippen molar-refractivity contribution < 1.29 is 19.1 Å². The van der Waals surface area contributed by atoms with E-state index in [0.717, 1.165) is 11.0 Å². The maximum Gasteiger partial charge on any atom is 0.331 e. The van der Waals surface area contributed by atoms with E-state index in [2.05, 4.69) is 0 Å². The molecule has 1 aromatic carbocycles. The summed E-state index contributed by atoms with van der Waals surface area (Å²) in [5, 5.41) is 9.27. The predicted octanol–water partition coefficient (Wildman–Crippen LogP) is 2.13. The fourth-order valence-corrected chi connectivity index (χ4v) is 1.81. The largest absolute Gasteiger partial charge is 0.479 e. The van der Waals surface area contributed by atoms with Crippen molar-refractivity contribution in [1.29, 1.82) is 0 Å². The Balaban J connectivity index is 3.31. The number of carboxylic acid groups (broad SMARTS) is 1. The smallest absolute Gasteiger partial charge is 0.331 e. The van der Waals surface area contributed by atoms with E-state index in [4.69, 9.17) is 0 Å². The highest BCUT2D eigenvalue weighted by Crippen LogP contribution is 2.25. The summed E-state index contributed by atoms with van der Waals surface area (Å²) < 4.78 is 13.2. The Bertz CT molecular complexity index is 460. The number of carbonyl (C=O) groups is 2. The molecule has 1 rings (SSSR count). The molecule has 0 saturated carbocycles. The van der Waals surface area contributed by atoms with Crippen LogP contribution in [0.1, 0.15) is 31.0 Å². The van der Waals surface area contributed by atoms with Gasteiger partial charge in [0.25, 0.3) is 0 Å². The molecule has 5 heteroatoms. The van der Waals surface area contributed by atoms with Crippen LogP contribution in [0.25, 0.3) is 0 Å². The number of amides is 1. The molecule has 1 amide bonds. The third-order valence-corrected chi connectivity index (χ3v) is 2.79. The summed E-state index contributed by atoms with van der Waals surface area (Å²) in [7, 11) is 0. The number of carbonyl (C=O) groups excluding carboxylic acids is 1. The number of halogens is 1. The predicted molar refractivity (Wildman–Crippen MR) is 64.6 cm³/mol. The highest BCUT2D eigenvalue weighted by Gasteiger charge is 2.29. The Morgan fingerprint density at radius 2 is 2.06 bits per heavy atom. The average Bonchev–Trinajstić information content (AvgIpc) is 2.28. The second-order valence-corrected chi connectivity index (χ2v) is 4.39. The summed E-state index contributed by atoms with van der Waals surface area (Å²) in [4.78, 5) is 23.5. The van der Waals surface area contributed by atoms with Gasteiger partial charge in [0, 0.05) is 6.04 Å². The topological polar surface area (TPSA) is 57.6 Å². The molecule has 0 aliphatic carbocycles. The van der Waals surface area contributed by atoms with Crippen LogP contribution in [0, 0.1) is 12.7 Å². The summed E-state index contributed by atoms with van der Waals surface area (Å²) >= 11 is 0. The first-order chi connectivity index (χ1) is 8.38. The molecular weight excluding hydrogens is 237 g/mol.